The SMILES string of the molecule is CCCCNC1CCCCC1.CCCCO[P+](=O)OCCCC. The summed E-state index contributed by atoms with van der Waals surface area (Å²) in [5.41, 5.74) is 0. The molecule has 0 aromatic carbocycles. The Morgan fingerprint density at radius 1 is 0.870 bits per heavy atom. The molecule has 0 radical (unpaired) electrons. The van der Waals surface area contributed by atoms with E-state index in [4.69, 9.17) is 9.05 Å². The minimum atomic E-state index is -1.85. The second-order valence-electron chi connectivity index (χ2n) is 6.24. The molecule has 1 aliphatic carbocycles. The molecule has 0 saturated heterocycles. The molecule has 1 fully saturated rings. The zero-order valence-electron chi connectivity index (χ0n) is 15.6. The second-order valence-corrected chi connectivity index (χ2v) is 7.20. The van der Waals surface area contributed by atoms with Gasteiger partial charge in [0, 0.05) is 10.6 Å². The highest BCUT2D eigenvalue weighted by molar-refractivity contribution is 7.33. The highest BCUT2D eigenvalue weighted by atomic mass is 31.1. The van der Waals surface area contributed by atoms with Gasteiger partial charge in [-0.2, -0.15) is 0 Å². The van der Waals surface area contributed by atoms with Gasteiger partial charge in [-0.15, -0.1) is 9.05 Å². The lowest BCUT2D eigenvalue weighted by molar-refractivity contribution is 0.221. The van der Waals surface area contributed by atoms with E-state index in [-0.39, 0.29) is 0 Å². The molecule has 0 amide bonds. The molecule has 0 heterocycles. The molecule has 0 aliphatic heterocycles. The van der Waals surface area contributed by atoms with E-state index in [0.29, 0.717) is 13.2 Å². The molecular weight excluding hydrogens is 309 g/mol. The largest absolute Gasteiger partial charge is 0.697 e. The molecule has 1 aliphatic rings. The summed E-state index contributed by atoms with van der Waals surface area (Å²) in [6, 6.07) is 0.857. The van der Waals surface area contributed by atoms with Crippen molar-refractivity contribution < 1.29 is 13.6 Å². The standard InChI is InChI=1S/C10H21N.C8H18O3P/c1-2-3-9-11-10-7-5-4-6-8-10;1-3-5-7-10-12(9)11-8-6-4-2/h10-11H,2-9H2,1H3;3-8H2,1-2H3/q;+1. The summed E-state index contributed by atoms with van der Waals surface area (Å²) in [6.45, 7) is 8.70. The lowest BCUT2D eigenvalue weighted by atomic mass is 9.95. The maximum Gasteiger partial charge on any atom is 0.697 e. The first kappa shape index (κ1) is 23.0. The van der Waals surface area contributed by atoms with Crippen LogP contribution in [0.3, 0.4) is 0 Å². The summed E-state index contributed by atoms with van der Waals surface area (Å²) in [5, 5.41) is 3.62. The first-order chi connectivity index (χ1) is 11.2. The third kappa shape index (κ3) is 16.6. The first-order valence-corrected chi connectivity index (χ1v) is 10.8. The molecule has 138 valence electrons. The van der Waals surface area contributed by atoms with E-state index in [1.54, 1.807) is 0 Å². The van der Waals surface area contributed by atoms with Gasteiger partial charge < -0.3 is 5.32 Å². The van der Waals surface area contributed by atoms with Gasteiger partial charge in [-0.05, 0) is 38.6 Å². The normalized spacial score (nSPS) is 15.1. The van der Waals surface area contributed by atoms with Gasteiger partial charge in [-0.1, -0.05) is 59.3 Å². The van der Waals surface area contributed by atoms with Gasteiger partial charge >= 0.3 is 8.25 Å². The molecule has 4 nitrogen and oxygen atoms in total. The molecule has 0 aromatic heterocycles. The Kier molecular flexibility index (Phi) is 18.3. The summed E-state index contributed by atoms with van der Waals surface area (Å²) in [7, 11) is -1.85. The Morgan fingerprint density at radius 3 is 1.87 bits per heavy atom. The highest BCUT2D eigenvalue weighted by Crippen LogP contribution is 2.24. The summed E-state index contributed by atoms with van der Waals surface area (Å²) in [5.74, 6) is 0. The van der Waals surface area contributed by atoms with Crippen molar-refractivity contribution in [2.45, 2.75) is 97.4 Å². The van der Waals surface area contributed by atoms with Crippen molar-refractivity contribution in [1.82, 2.24) is 5.32 Å². The van der Waals surface area contributed by atoms with E-state index in [2.05, 4.69) is 26.1 Å². The summed E-state index contributed by atoms with van der Waals surface area (Å²) < 4.78 is 20.7. The van der Waals surface area contributed by atoms with Crippen LogP contribution < -0.4 is 5.32 Å². The van der Waals surface area contributed by atoms with E-state index < -0.39 is 8.25 Å². The molecule has 0 unspecified atom stereocenters. The third-order valence-corrected chi connectivity index (χ3v) is 4.74. The van der Waals surface area contributed by atoms with Crippen molar-refractivity contribution in [1.29, 1.82) is 0 Å². The lowest BCUT2D eigenvalue weighted by Gasteiger charge is -2.22. The predicted octanol–water partition coefficient (Wildman–Crippen LogP) is 5.99. The fourth-order valence-electron chi connectivity index (χ4n) is 2.39. The number of unbranched alkanes of at least 4 members (excludes halogenated alkanes) is 3. The smallest absolute Gasteiger partial charge is 0.314 e. The minimum Gasteiger partial charge on any atom is -0.314 e. The van der Waals surface area contributed by atoms with Crippen molar-refractivity contribution in [3.05, 3.63) is 0 Å². The van der Waals surface area contributed by atoms with E-state index in [0.717, 1.165) is 31.7 Å². The topological polar surface area (TPSA) is 47.6 Å². The van der Waals surface area contributed by atoms with Crippen molar-refractivity contribution in [3.63, 3.8) is 0 Å². The molecule has 23 heavy (non-hydrogen) atoms. The fraction of sp³-hybridized carbons (Fsp3) is 1.00. The zero-order chi connectivity index (χ0) is 17.2. The quantitative estimate of drug-likeness (QED) is 0.348. The molecule has 1 N–H and O–H groups in total. The van der Waals surface area contributed by atoms with E-state index in [1.165, 1.54) is 51.5 Å². The Balaban J connectivity index is 0.000000422. The second kappa shape index (κ2) is 18.3. The van der Waals surface area contributed by atoms with Crippen LogP contribution in [0.2, 0.25) is 0 Å². The van der Waals surface area contributed by atoms with Gasteiger partial charge in [0.1, 0.15) is 13.2 Å². The van der Waals surface area contributed by atoms with Crippen molar-refractivity contribution in [2.75, 3.05) is 19.8 Å². The molecule has 0 atom stereocenters. The van der Waals surface area contributed by atoms with Crippen LogP contribution in [0.25, 0.3) is 0 Å². The number of rotatable bonds is 12. The van der Waals surface area contributed by atoms with Crippen LogP contribution in [0.4, 0.5) is 0 Å². The van der Waals surface area contributed by atoms with Crippen molar-refractivity contribution in [2.24, 2.45) is 0 Å². The number of hydrogen-bond donors (Lipinski definition) is 1. The molecule has 1 saturated carbocycles. The Hall–Kier alpha value is -0.0200. The molecular formula is C18H39NO3P+. The van der Waals surface area contributed by atoms with Crippen LogP contribution in [0.1, 0.15) is 91.4 Å². The lowest BCUT2D eigenvalue weighted by Crippen LogP contribution is -2.31. The summed E-state index contributed by atoms with van der Waals surface area (Å²) in [6.07, 6.45) is 13.9. The van der Waals surface area contributed by atoms with Crippen LogP contribution >= 0.6 is 8.25 Å². The number of nitrogens with one attached hydrogen (secondary N) is 1. The van der Waals surface area contributed by atoms with E-state index >= 15 is 0 Å². The van der Waals surface area contributed by atoms with Gasteiger partial charge in [-0.3, -0.25) is 0 Å². The average Bonchev–Trinajstić information content (AvgIpc) is 2.57. The van der Waals surface area contributed by atoms with Crippen molar-refractivity contribution >= 4 is 8.25 Å². The van der Waals surface area contributed by atoms with E-state index in [1.807, 2.05) is 0 Å². The highest BCUT2D eigenvalue weighted by Gasteiger charge is 2.18. The van der Waals surface area contributed by atoms with Crippen LogP contribution in [-0.4, -0.2) is 25.8 Å². The van der Waals surface area contributed by atoms with Gasteiger partial charge in [-0.25, -0.2) is 0 Å². The molecule has 0 bridgehead atoms. The fourth-order valence-corrected chi connectivity index (χ4v) is 3.02. The van der Waals surface area contributed by atoms with Gasteiger partial charge in [0.25, 0.3) is 0 Å². The van der Waals surface area contributed by atoms with Crippen LogP contribution in [0, 0.1) is 0 Å². The van der Waals surface area contributed by atoms with Crippen LogP contribution in [0.15, 0.2) is 0 Å². The first-order valence-electron chi connectivity index (χ1n) is 9.71. The maximum atomic E-state index is 10.9. The zero-order valence-corrected chi connectivity index (χ0v) is 16.5. The van der Waals surface area contributed by atoms with Gasteiger partial charge in [0.15, 0.2) is 0 Å². The summed E-state index contributed by atoms with van der Waals surface area (Å²) >= 11 is 0. The Bertz CT molecular complexity index is 247. The van der Waals surface area contributed by atoms with Gasteiger partial charge in [0.2, 0.25) is 0 Å². The predicted molar refractivity (Wildman–Crippen MR) is 99.1 cm³/mol. The molecule has 1 rings (SSSR count). The van der Waals surface area contributed by atoms with Crippen molar-refractivity contribution in [3.8, 4) is 0 Å². The Morgan fingerprint density at radius 2 is 1.39 bits per heavy atom. The van der Waals surface area contributed by atoms with Crippen LogP contribution in [-0.2, 0) is 13.6 Å². The molecule has 0 aromatic rings. The average molecular weight is 348 g/mol. The summed E-state index contributed by atoms with van der Waals surface area (Å²) in [4.78, 5) is 0. The number of hydrogen-bond acceptors (Lipinski definition) is 4. The maximum absolute atomic E-state index is 10.9. The van der Waals surface area contributed by atoms with E-state index in [9.17, 15) is 4.57 Å². The minimum absolute atomic E-state index is 0.540. The third-order valence-electron chi connectivity index (χ3n) is 3.96. The van der Waals surface area contributed by atoms with Crippen LogP contribution in [0.5, 0.6) is 0 Å². The monoisotopic (exact) mass is 348 g/mol. The Labute approximate surface area is 145 Å². The molecule has 0 spiro atoms. The van der Waals surface area contributed by atoms with Gasteiger partial charge in [0.05, 0.1) is 0 Å². The molecule has 5 heteroatoms.